The van der Waals surface area contributed by atoms with Gasteiger partial charge in [0.25, 0.3) is 11.5 Å². The van der Waals surface area contributed by atoms with Gasteiger partial charge in [0.1, 0.15) is 10.7 Å². The number of carboxylic acids is 1. The molecular formula is C25H33Cl2F3N4O4. The lowest BCUT2D eigenvalue weighted by atomic mass is 9.74. The molecule has 1 aliphatic rings. The molecule has 0 atom stereocenters. The van der Waals surface area contributed by atoms with Crippen molar-refractivity contribution in [3.05, 3.63) is 43.4 Å². The summed E-state index contributed by atoms with van der Waals surface area (Å²) in [5.74, 6) is -2.02. The molecule has 1 amide bonds. The number of halogens is 5. The van der Waals surface area contributed by atoms with Crippen LogP contribution in [0, 0.1) is 16.2 Å². The van der Waals surface area contributed by atoms with E-state index in [2.05, 4.69) is 10.3 Å². The molecule has 8 nitrogen and oxygen atoms in total. The second kappa shape index (κ2) is 12.1. The van der Waals surface area contributed by atoms with Gasteiger partial charge in [-0.25, -0.2) is 0 Å². The molecule has 38 heavy (non-hydrogen) atoms. The van der Waals surface area contributed by atoms with Crippen molar-refractivity contribution in [3.8, 4) is 0 Å². The molecule has 1 fully saturated rings. The Kier molecular flexibility index (Phi) is 10.1. The maximum atomic E-state index is 14.2. The molecule has 0 aliphatic heterocycles. The van der Waals surface area contributed by atoms with Crippen LogP contribution in [0.1, 0.15) is 58.9 Å². The lowest BCUT2D eigenvalue weighted by Gasteiger charge is -2.36. The van der Waals surface area contributed by atoms with Gasteiger partial charge in [0.05, 0.1) is 16.0 Å². The Morgan fingerprint density at radius 3 is 2.32 bits per heavy atom. The molecule has 1 aromatic heterocycles. The van der Waals surface area contributed by atoms with Crippen LogP contribution in [0.25, 0.3) is 0 Å². The van der Waals surface area contributed by atoms with Crippen LogP contribution in [0.3, 0.4) is 0 Å². The number of hydrogen-bond acceptors (Lipinski definition) is 5. The average molecular weight is 581 g/mol. The molecule has 0 bridgehead atoms. The number of H-pyrrole nitrogens is 1. The monoisotopic (exact) mass is 580 g/mol. The van der Waals surface area contributed by atoms with Crippen LogP contribution in [-0.4, -0.2) is 58.4 Å². The third-order valence-corrected chi connectivity index (χ3v) is 7.29. The van der Waals surface area contributed by atoms with Crippen LogP contribution >= 0.6 is 23.2 Å². The number of aliphatic carboxylic acids is 1. The van der Waals surface area contributed by atoms with Gasteiger partial charge in [-0.3, -0.25) is 14.4 Å². The first-order valence-electron chi connectivity index (χ1n) is 12.1. The SMILES string of the molecule is CC(C)(C)CN(CCc1c(Cl)c[nH]c(=O)c1Cl)C(=O)/C(C=N)=C(/N[C@H]1CC[C@](C)(C(=O)O)CC1)C(F)(F)F. The number of carbonyl (C=O) groups excluding carboxylic acids is 1. The summed E-state index contributed by atoms with van der Waals surface area (Å²) in [6.45, 7) is 6.91. The fraction of sp³-hybridized carbons (Fsp3) is 0.600. The van der Waals surface area contributed by atoms with E-state index < -0.39 is 51.8 Å². The van der Waals surface area contributed by atoms with Gasteiger partial charge in [0.2, 0.25) is 0 Å². The number of pyridine rings is 1. The number of rotatable bonds is 9. The zero-order valence-electron chi connectivity index (χ0n) is 21.7. The van der Waals surface area contributed by atoms with Gasteiger partial charge in [-0.1, -0.05) is 44.0 Å². The number of aromatic amines is 1. The molecule has 0 saturated heterocycles. The van der Waals surface area contributed by atoms with Gasteiger partial charge in [-0.15, -0.1) is 0 Å². The summed E-state index contributed by atoms with van der Waals surface area (Å²) in [6.07, 6.45) is -2.68. The van der Waals surface area contributed by atoms with Crippen molar-refractivity contribution in [1.82, 2.24) is 15.2 Å². The lowest BCUT2D eigenvalue weighted by Crippen LogP contribution is -2.45. The molecule has 1 aliphatic carbocycles. The zero-order chi connectivity index (χ0) is 29.1. The highest BCUT2D eigenvalue weighted by Crippen LogP contribution is 2.38. The van der Waals surface area contributed by atoms with Crippen molar-refractivity contribution < 1.29 is 27.9 Å². The van der Waals surface area contributed by atoms with Crippen molar-refractivity contribution >= 4 is 41.3 Å². The molecule has 1 aromatic rings. The van der Waals surface area contributed by atoms with Gasteiger partial charge in [0.15, 0.2) is 0 Å². The second-order valence-electron chi connectivity index (χ2n) is 11.0. The largest absolute Gasteiger partial charge is 0.481 e. The van der Waals surface area contributed by atoms with Crippen LogP contribution in [-0.2, 0) is 16.0 Å². The Morgan fingerprint density at radius 1 is 1.26 bits per heavy atom. The van der Waals surface area contributed by atoms with Gasteiger partial charge < -0.3 is 25.7 Å². The third kappa shape index (κ3) is 7.99. The lowest BCUT2D eigenvalue weighted by molar-refractivity contribution is -0.150. The number of nitrogens with one attached hydrogen (secondary N) is 3. The minimum Gasteiger partial charge on any atom is -0.481 e. The van der Waals surface area contributed by atoms with E-state index in [4.69, 9.17) is 28.6 Å². The molecule has 1 heterocycles. The standard InChI is InChI=1S/C25H33Cl2F3N4O4/c1-23(2,3)13-34(10-7-15-17(26)12-32-20(35)18(15)27)21(36)16(11-31)19(25(28,29)30)33-14-5-8-24(4,9-6-14)22(37)38/h11-12,14,31,33H,5-10,13H2,1-4H3,(H,32,35)(H,37,38)/b19-16+,31-11?/t14-,24-. The number of nitrogens with zero attached hydrogens (tertiary/aromatic N) is 1. The molecule has 0 unspecified atom stereocenters. The molecule has 0 radical (unpaired) electrons. The van der Waals surface area contributed by atoms with Gasteiger partial charge in [0, 0.05) is 31.5 Å². The second-order valence-corrected chi connectivity index (χ2v) is 11.8. The molecule has 2 rings (SSSR count). The summed E-state index contributed by atoms with van der Waals surface area (Å²) in [4.78, 5) is 40.4. The van der Waals surface area contributed by atoms with Gasteiger partial charge in [-0.05, 0) is 50.0 Å². The average Bonchev–Trinajstić information content (AvgIpc) is 2.80. The van der Waals surface area contributed by atoms with Crippen molar-refractivity contribution in [2.75, 3.05) is 13.1 Å². The van der Waals surface area contributed by atoms with Crippen LogP contribution in [0.2, 0.25) is 10.0 Å². The summed E-state index contributed by atoms with van der Waals surface area (Å²) < 4.78 is 42.6. The Hall–Kier alpha value is -2.53. The highest BCUT2D eigenvalue weighted by molar-refractivity contribution is 6.35. The van der Waals surface area contributed by atoms with E-state index in [0.717, 1.165) is 0 Å². The van der Waals surface area contributed by atoms with Crippen molar-refractivity contribution in [1.29, 1.82) is 5.41 Å². The smallest absolute Gasteiger partial charge is 0.431 e. The first kappa shape index (κ1) is 31.7. The normalized spacial score (nSPS) is 20.9. The summed E-state index contributed by atoms with van der Waals surface area (Å²) in [6, 6.07) is -0.716. The number of carboxylic acid groups (broad SMARTS) is 1. The fourth-order valence-electron chi connectivity index (χ4n) is 4.36. The first-order chi connectivity index (χ1) is 17.4. The Labute approximate surface area is 229 Å². The van der Waals surface area contributed by atoms with Crippen LogP contribution in [0.5, 0.6) is 0 Å². The van der Waals surface area contributed by atoms with E-state index in [0.29, 0.717) is 6.21 Å². The van der Waals surface area contributed by atoms with Gasteiger partial charge in [-0.2, -0.15) is 13.2 Å². The van der Waals surface area contributed by atoms with Crippen molar-refractivity contribution in [3.63, 3.8) is 0 Å². The van der Waals surface area contributed by atoms with Crippen LogP contribution < -0.4 is 10.9 Å². The van der Waals surface area contributed by atoms with E-state index in [1.165, 1.54) is 11.1 Å². The Bertz CT molecular complexity index is 1150. The van der Waals surface area contributed by atoms with Crippen molar-refractivity contribution in [2.45, 2.75) is 72.0 Å². The van der Waals surface area contributed by atoms with E-state index in [9.17, 15) is 32.7 Å². The van der Waals surface area contributed by atoms with E-state index in [1.54, 1.807) is 27.7 Å². The number of aromatic nitrogens is 1. The molecule has 4 N–H and O–H groups in total. The maximum Gasteiger partial charge on any atom is 0.431 e. The summed E-state index contributed by atoms with van der Waals surface area (Å²) in [5, 5.41) is 19.5. The van der Waals surface area contributed by atoms with E-state index in [1.807, 2.05) is 0 Å². The number of hydrogen-bond donors (Lipinski definition) is 4. The molecular weight excluding hydrogens is 548 g/mol. The van der Waals surface area contributed by atoms with Crippen molar-refractivity contribution in [2.24, 2.45) is 10.8 Å². The first-order valence-corrected chi connectivity index (χ1v) is 12.8. The summed E-state index contributed by atoms with van der Waals surface area (Å²) >= 11 is 12.2. The number of carbonyl (C=O) groups is 2. The Morgan fingerprint density at radius 2 is 1.84 bits per heavy atom. The predicted molar refractivity (Wildman–Crippen MR) is 140 cm³/mol. The number of amides is 1. The third-order valence-electron chi connectivity index (χ3n) is 6.55. The highest BCUT2D eigenvalue weighted by Gasteiger charge is 2.43. The molecule has 0 aromatic carbocycles. The molecule has 13 heteroatoms. The van der Waals surface area contributed by atoms with E-state index in [-0.39, 0.29) is 60.8 Å². The van der Waals surface area contributed by atoms with E-state index >= 15 is 0 Å². The Balaban J connectivity index is 2.41. The van der Waals surface area contributed by atoms with Crippen LogP contribution in [0.4, 0.5) is 13.2 Å². The number of allylic oxidation sites excluding steroid dienone is 1. The predicted octanol–water partition coefficient (Wildman–Crippen LogP) is 5.19. The minimum absolute atomic E-state index is 0.000136. The maximum absolute atomic E-state index is 14.2. The minimum atomic E-state index is -4.97. The van der Waals surface area contributed by atoms with Crippen LogP contribution in [0.15, 0.2) is 22.3 Å². The number of alkyl halides is 3. The quantitative estimate of drug-likeness (QED) is 0.236. The molecule has 0 spiro atoms. The topological polar surface area (TPSA) is 126 Å². The zero-order valence-corrected chi connectivity index (χ0v) is 23.2. The summed E-state index contributed by atoms with van der Waals surface area (Å²) in [5.41, 5.74) is -4.08. The van der Waals surface area contributed by atoms with Gasteiger partial charge >= 0.3 is 12.1 Å². The molecule has 1 saturated carbocycles. The summed E-state index contributed by atoms with van der Waals surface area (Å²) in [7, 11) is 0. The molecule has 212 valence electrons. The fourth-order valence-corrected chi connectivity index (χ4v) is 4.91. The highest BCUT2D eigenvalue weighted by atomic mass is 35.5.